The minimum atomic E-state index is -3.00. The third-order valence-electron chi connectivity index (χ3n) is 5.28. The molecule has 0 aromatic carbocycles. The predicted octanol–water partition coefficient (Wildman–Crippen LogP) is 0.712. The van der Waals surface area contributed by atoms with Crippen LogP contribution in [0.4, 0.5) is 0 Å². The number of allylic oxidation sites excluding steroid dienone is 2. The molecule has 0 aromatic heterocycles. The van der Waals surface area contributed by atoms with E-state index in [1.165, 1.54) is 12.8 Å². The zero-order valence-electron chi connectivity index (χ0n) is 15.1. The molecule has 3 aliphatic rings. The summed E-state index contributed by atoms with van der Waals surface area (Å²) in [5.41, 5.74) is 0. The number of hydrogen-bond donors (Lipinski definition) is 2. The summed E-state index contributed by atoms with van der Waals surface area (Å²) in [6.07, 6.45) is 8.20. The van der Waals surface area contributed by atoms with Gasteiger partial charge in [-0.2, -0.15) is 4.31 Å². The molecule has 3 unspecified atom stereocenters. The molecule has 1 aliphatic heterocycles. The fourth-order valence-corrected chi connectivity index (χ4v) is 5.51. The molecule has 1 saturated carbocycles. The van der Waals surface area contributed by atoms with Gasteiger partial charge in [0, 0.05) is 32.7 Å². The second-order valence-electron chi connectivity index (χ2n) is 7.17. The summed E-state index contributed by atoms with van der Waals surface area (Å²) >= 11 is 0. The van der Waals surface area contributed by atoms with Crippen LogP contribution in [0.3, 0.4) is 0 Å². The van der Waals surface area contributed by atoms with Gasteiger partial charge in [-0.3, -0.25) is 0 Å². The van der Waals surface area contributed by atoms with Crippen LogP contribution >= 0.6 is 0 Å². The fraction of sp³-hybridized carbons (Fsp3) is 0.765. The number of rotatable bonds is 5. The Morgan fingerprint density at radius 2 is 1.65 bits per heavy atom. The summed E-state index contributed by atoms with van der Waals surface area (Å²) in [4.78, 5) is 20.7. The van der Waals surface area contributed by atoms with Gasteiger partial charge in [-0.1, -0.05) is 19.1 Å². The second kappa shape index (κ2) is 8.96. The number of carboxylic acids is 2. The van der Waals surface area contributed by atoms with Crippen LogP contribution in [-0.4, -0.2) is 78.3 Å². The minimum absolute atomic E-state index is 0.296. The van der Waals surface area contributed by atoms with E-state index in [2.05, 4.69) is 17.1 Å². The Kier molecular flexibility index (Phi) is 7.19. The van der Waals surface area contributed by atoms with E-state index in [1.54, 1.807) is 4.31 Å². The first-order valence-corrected chi connectivity index (χ1v) is 10.7. The zero-order chi connectivity index (χ0) is 19.3. The SMILES string of the molecule is CCCS(=O)(=O)N1CCN(CC2CC3C=CC2C3)CC1.O=C(O)C(=O)O. The molecule has 0 aromatic rings. The van der Waals surface area contributed by atoms with Crippen LogP contribution in [0.25, 0.3) is 0 Å². The summed E-state index contributed by atoms with van der Waals surface area (Å²) in [5.74, 6) is -0.920. The maximum absolute atomic E-state index is 12.0. The summed E-state index contributed by atoms with van der Waals surface area (Å²) in [6, 6.07) is 0. The van der Waals surface area contributed by atoms with Crippen molar-refractivity contribution in [3.63, 3.8) is 0 Å². The summed E-state index contributed by atoms with van der Waals surface area (Å²) in [6.45, 7) is 6.25. The van der Waals surface area contributed by atoms with Gasteiger partial charge < -0.3 is 15.1 Å². The zero-order valence-corrected chi connectivity index (χ0v) is 15.9. The van der Waals surface area contributed by atoms with Crippen molar-refractivity contribution >= 4 is 22.0 Å². The minimum Gasteiger partial charge on any atom is -0.473 e. The first kappa shape index (κ1) is 20.9. The van der Waals surface area contributed by atoms with E-state index in [1.807, 2.05) is 6.92 Å². The average Bonchev–Trinajstić information content (AvgIpc) is 3.18. The second-order valence-corrected chi connectivity index (χ2v) is 9.25. The van der Waals surface area contributed by atoms with Crippen molar-refractivity contribution in [2.45, 2.75) is 26.2 Å². The number of nitrogens with zero attached hydrogens (tertiary/aromatic N) is 2. The van der Waals surface area contributed by atoms with Gasteiger partial charge in [0.15, 0.2) is 0 Å². The Balaban J connectivity index is 0.000000352. The van der Waals surface area contributed by atoms with Gasteiger partial charge in [0.05, 0.1) is 5.75 Å². The van der Waals surface area contributed by atoms with Gasteiger partial charge in [0.25, 0.3) is 0 Å². The topological polar surface area (TPSA) is 115 Å². The van der Waals surface area contributed by atoms with Crippen LogP contribution in [0.5, 0.6) is 0 Å². The molecular weight excluding hydrogens is 360 g/mol. The molecule has 1 heterocycles. The van der Waals surface area contributed by atoms with E-state index in [4.69, 9.17) is 19.8 Å². The first-order chi connectivity index (χ1) is 12.2. The summed E-state index contributed by atoms with van der Waals surface area (Å²) < 4.78 is 25.8. The van der Waals surface area contributed by atoms with E-state index >= 15 is 0 Å². The lowest BCUT2D eigenvalue weighted by Crippen LogP contribution is -2.50. The highest BCUT2D eigenvalue weighted by molar-refractivity contribution is 7.89. The van der Waals surface area contributed by atoms with Gasteiger partial charge in [-0.05, 0) is 37.0 Å². The van der Waals surface area contributed by atoms with Crippen molar-refractivity contribution in [1.82, 2.24) is 9.21 Å². The van der Waals surface area contributed by atoms with Crippen LogP contribution in [-0.2, 0) is 19.6 Å². The van der Waals surface area contributed by atoms with Crippen LogP contribution in [0, 0.1) is 17.8 Å². The van der Waals surface area contributed by atoms with Crippen molar-refractivity contribution in [3.05, 3.63) is 12.2 Å². The molecule has 0 radical (unpaired) electrons. The lowest BCUT2D eigenvalue weighted by Gasteiger charge is -2.36. The molecule has 2 aliphatic carbocycles. The number of carboxylic acid groups (broad SMARTS) is 2. The lowest BCUT2D eigenvalue weighted by molar-refractivity contribution is -0.159. The number of hydrogen-bond acceptors (Lipinski definition) is 5. The van der Waals surface area contributed by atoms with Crippen LogP contribution in [0.2, 0.25) is 0 Å². The number of fused-ring (bicyclic) bond motifs is 2. The number of piperazine rings is 1. The van der Waals surface area contributed by atoms with E-state index in [0.29, 0.717) is 25.3 Å². The molecule has 1 saturated heterocycles. The molecule has 26 heavy (non-hydrogen) atoms. The van der Waals surface area contributed by atoms with E-state index in [0.717, 1.165) is 37.4 Å². The van der Waals surface area contributed by atoms with Crippen LogP contribution in [0.15, 0.2) is 12.2 Å². The van der Waals surface area contributed by atoms with Crippen LogP contribution < -0.4 is 0 Å². The quantitative estimate of drug-likeness (QED) is 0.526. The van der Waals surface area contributed by atoms with Gasteiger partial charge in [-0.25, -0.2) is 18.0 Å². The Labute approximate surface area is 154 Å². The maximum atomic E-state index is 12.0. The Morgan fingerprint density at radius 3 is 2.08 bits per heavy atom. The van der Waals surface area contributed by atoms with Gasteiger partial charge in [0.1, 0.15) is 0 Å². The largest absolute Gasteiger partial charge is 0.473 e. The number of sulfonamides is 1. The van der Waals surface area contributed by atoms with Crippen molar-refractivity contribution < 1.29 is 28.2 Å². The third kappa shape index (κ3) is 5.52. The van der Waals surface area contributed by atoms with Gasteiger partial charge in [0.2, 0.25) is 10.0 Å². The molecule has 2 N–H and O–H groups in total. The Morgan fingerprint density at radius 1 is 1.04 bits per heavy atom. The fourth-order valence-electron chi connectivity index (χ4n) is 4.01. The van der Waals surface area contributed by atoms with Crippen molar-refractivity contribution in [2.24, 2.45) is 17.8 Å². The van der Waals surface area contributed by atoms with Gasteiger partial charge >= 0.3 is 11.9 Å². The standard InChI is InChI=1S/C15H26N2O2S.C2H2O4/c1-2-9-20(18,19)17-7-5-16(6-8-17)12-15-11-13-3-4-14(15)10-13;3-1(4)2(5)6/h3-4,13-15H,2,5-12H2,1H3;(H,3,4)(H,5,6). The molecule has 148 valence electrons. The van der Waals surface area contributed by atoms with Gasteiger partial charge in [-0.15, -0.1) is 0 Å². The normalized spacial score (nSPS) is 28.6. The molecule has 8 nitrogen and oxygen atoms in total. The Bertz CT molecular complexity index is 628. The smallest absolute Gasteiger partial charge is 0.414 e. The molecule has 3 atom stereocenters. The maximum Gasteiger partial charge on any atom is 0.414 e. The summed E-state index contributed by atoms with van der Waals surface area (Å²) in [5, 5.41) is 14.8. The van der Waals surface area contributed by atoms with E-state index in [9.17, 15) is 8.42 Å². The monoisotopic (exact) mass is 388 g/mol. The van der Waals surface area contributed by atoms with Crippen molar-refractivity contribution in [3.8, 4) is 0 Å². The molecule has 2 fully saturated rings. The molecule has 0 spiro atoms. The summed E-state index contributed by atoms with van der Waals surface area (Å²) in [7, 11) is -3.00. The van der Waals surface area contributed by atoms with E-state index in [-0.39, 0.29) is 0 Å². The first-order valence-electron chi connectivity index (χ1n) is 9.07. The Hall–Kier alpha value is -1.45. The highest BCUT2D eigenvalue weighted by Crippen LogP contribution is 2.43. The number of carbonyl (C=O) groups is 2. The number of aliphatic carboxylic acids is 2. The lowest BCUT2D eigenvalue weighted by atomic mass is 9.93. The molecule has 3 rings (SSSR count). The van der Waals surface area contributed by atoms with Crippen molar-refractivity contribution in [1.29, 1.82) is 0 Å². The van der Waals surface area contributed by atoms with Crippen molar-refractivity contribution in [2.75, 3.05) is 38.5 Å². The average molecular weight is 388 g/mol. The van der Waals surface area contributed by atoms with Crippen LogP contribution in [0.1, 0.15) is 26.2 Å². The molecular formula is C17H28N2O6S. The highest BCUT2D eigenvalue weighted by Gasteiger charge is 2.37. The highest BCUT2D eigenvalue weighted by atomic mass is 32.2. The predicted molar refractivity (Wildman–Crippen MR) is 96.2 cm³/mol. The third-order valence-corrected chi connectivity index (χ3v) is 7.35. The molecule has 2 bridgehead atoms. The molecule has 0 amide bonds. The van der Waals surface area contributed by atoms with E-state index < -0.39 is 22.0 Å². The molecule has 9 heteroatoms.